The van der Waals surface area contributed by atoms with Gasteiger partial charge in [-0.1, -0.05) is 17.7 Å². The molecular formula is C17H26N2O2. The molecule has 0 saturated carbocycles. The summed E-state index contributed by atoms with van der Waals surface area (Å²) in [6.07, 6.45) is 0.934. The Labute approximate surface area is 127 Å². The highest BCUT2D eigenvalue weighted by Crippen LogP contribution is 2.39. The lowest BCUT2D eigenvalue weighted by molar-refractivity contribution is 0.169. The summed E-state index contributed by atoms with van der Waals surface area (Å²) < 4.78 is 11.1. The fourth-order valence-electron chi connectivity index (χ4n) is 2.93. The van der Waals surface area contributed by atoms with Gasteiger partial charge in [0.15, 0.2) is 11.5 Å². The van der Waals surface area contributed by atoms with Crippen molar-refractivity contribution in [3.63, 3.8) is 0 Å². The van der Waals surface area contributed by atoms with E-state index >= 15 is 0 Å². The van der Waals surface area contributed by atoms with Crippen LogP contribution in [0.4, 0.5) is 0 Å². The molecule has 1 aliphatic heterocycles. The second kappa shape index (κ2) is 7.48. The first-order valence-corrected chi connectivity index (χ1v) is 7.47. The maximum Gasteiger partial charge on any atom is 0.165 e. The van der Waals surface area contributed by atoms with E-state index in [9.17, 15) is 0 Å². The Morgan fingerprint density at radius 1 is 1.29 bits per heavy atom. The summed E-state index contributed by atoms with van der Waals surface area (Å²) >= 11 is 0. The Balaban J connectivity index is 2.37. The fourth-order valence-corrected chi connectivity index (χ4v) is 2.93. The number of piperazine rings is 1. The van der Waals surface area contributed by atoms with Gasteiger partial charge in [-0.3, -0.25) is 4.90 Å². The molecule has 4 nitrogen and oxygen atoms in total. The van der Waals surface area contributed by atoms with Gasteiger partial charge in [-0.25, -0.2) is 0 Å². The topological polar surface area (TPSA) is 33.7 Å². The van der Waals surface area contributed by atoms with Gasteiger partial charge in [-0.05, 0) is 19.4 Å². The van der Waals surface area contributed by atoms with Gasteiger partial charge in [-0.2, -0.15) is 0 Å². The predicted octanol–water partition coefficient (Wildman–Crippen LogP) is 2.62. The van der Waals surface area contributed by atoms with Gasteiger partial charge in [0, 0.05) is 37.8 Å². The summed E-state index contributed by atoms with van der Waals surface area (Å²) in [6.45, 7) is 10.3. The lowest BCUT2D eigenvalue weighted by atomic mass is 9.96. The summed E-state index contributed by atoms with van der Waals surface area (Å²) in [6, 6.07) is 6.40. The zero-order valence-electron chi connectivity index (χ0n) is 13.3. The summed E-state index contributed by atoms with van der Waals surface area (Å²) in [7, 11) is 3.39. The maximum absolute atomic E-state index is 5.62. The molecular weight excluding hydrogens is 264 g/mol. The molecule has 1 heterocycles. The minimum Gasteiger partial charge on any atom is -0.493 e. The van der Waals surface area contributed by atoms with Crippen LogP contribution in [0.5, 0.6) is 11.5 Å². The third-order valence-corrected chi connectivity index (χ3v) is 3.93. The monoisotopic (exact) mass is 290 g/mol. The first kappa shape index (κ1) is 15.9. The van der Waals surface area contributed by atoms with E-state index in [2.05, 4.69) is 29.8 Å². The molecule has 0 radical (unpaired) electrons. The second-order valence-corrected chi connectivity index (χ2v) is 5.55. The van der Waals surface area contributed by atoms with Gasteiger partial charge < -0.3 is 14.8 Å². The van der Waals surface area contributed by atoms with Crippen LogP contribution in [0, 0.1) is 0 Å². The van der Waals surface area contributed by atoms with Gasteiger partial charge in [-0.15, -0.1) is 6.58 Å². The maximum atomic E-state index is 5.62. The molecule has 0 spiro atoms. The Bertz CT molecular complexity index is 482. The number of para-hydroxylation sites is 1. The molecule has 4 heteroatoms. The lowest BCUT2D eigenvalue weighted by Crippen LogP contribution is -2.45. The van der Waals surface area contributed by atoms with E-state index in [1.54, 1.807) is 14.2 Å². The molecule has 0 bridgehead atoms. The molecule has 21 heavy (non-hydrogen) atoms. The van der Waals surface area contributed by atoms with Crippen LogP contribution in [0.1, 0.15) is 24.9 Å². The zero-order chi connectivity index (χ0) is 15.2. The third kappa shape index (κ3) is 3.77. The number of hydrogen-bond donors (Lipinski definition) is 1. The van der Waals surface area contributed by atoms with Crippen LogP contribution in [-0.4, -0.2) is 45.3 Å². The Morgan fingerprint density at radius 3 is 2.57 bits per heavy atom. The highest BCUT2D eigenvalue weighted by molar-refractivity contribution is 5.48. The summed E-state index contributed by atoms with van der Waals surface area (Å²) in [5, 5.41) is 3.41. The van der Waals surface area contributed by atoms with Gasteiger partial charge in [0.05, 0.1) is 14.2 Å². The van der Waals surface area contributed by atoms with Crippen molar-refractivity contribution >= 4 is 0 Å². The first-order chi connectivity index (χ1) is 10.2. The molecule has 1 saturated heterocycles. The summed E-state index contributed by atoms with van der Waals surface area (Å²) in [5.41, 5.74) is 2.37. The number of nitrogens with zero attached hydrogens (tertiary/aromatic N) is 1. The number of nitrogens with one attached hydrogen (secondary N) is 1. The fraction of sp³-hybridized carbons (Fsp3) is 0.529. The number of methoxy groups -OCH3 is 2. The molecule has 1 aromatic rings. The van der Waals surface area contributed by atoms with Crippen LogP contribution in [-0.2, 0) is 0 Å². The van der Waals surface area contributed by atoms with Gasteiger partial charge in [0.25, 0.3) is 0 Å². The number of rotatable bonds is 6. The highest BCUT2D eigenvalue weighted by atomic mass is 16.5. The van der Waals surface area contributed by atoms with Crippen LogP contribution in [0.3, 0.4) is 0 Å². The van der Waals surface area contributed by atoms with Gasteiger partial charge in [0.2, 0.25) is 0 Å². The van der Waals surface area contributed by atoms with Gasteiger partial charge >= 0.3 is 0 Å². The molecule has 0 unspecified atom stereocenters. The van der Waals surface area contributed by atoms with Crippen molar-refractivity contribution in [1.82, 2.24) is 10.2 Å². The minimum absolute atomic E-state index is 0.287. The average molecular weight is 290 g/mol. The molecule has 116 valence electrons. The minimum atomic E-state index is 0.287. The van der Waals surface area contributed by atoms with Crippen molar-refractivity contribution in [3.8, 4) is 11.5 Å². The second-order valence-electron chi connectivity index (χ2n) is 5.55. The third-order valence-electron chi connectivity index (χ3n) is 3.93. The Morgan fingerprint density at radius 2 is 2.00 bits per heavy atom. The SMILES string of the molecule is C=C(C)C[C@H](c1cccc(OC)c1OC)N1CCNCC1. The lowest BCUT2D eigenvalue weighted by Gasteiger charge is -2.36. The van der Waals surface area contributed by atoms with Crippen LogP contribution >= 0.6 is 0 Å². The highest BCUT2D eigenvalue weighted by Gasteiger charge is 2.26. The first-order valence-electron chi connectivity index (χ1n) is 7.47. The molecule has 1 fully saturated rings. The predicted molar refractivity (Wildman–Crippen MR) is 86.2 cm³/mol. The number of ether oxygens (including phenoxy) is 2. The van der Waals surface area contributed by atoms with Crippen molar-refractivity contribution in [2.24, 2.45) is 0 Å². The molecule has 1 atom stereocenters. The van der Waals surface area contributed by atoms with Crippen LogP contribution < -0.4 is 14.8 Å². The Hall–Kier alpha value is -1.52. The van der Waals surface area contributed by atoms with E-state index in [0.29, 0.717) is 0 Å². The van der Waals surface area contributed by atoms with Crippen LogP contribution in [0.15, 0.2) is 30.4 Å². The standard InChI is InChI=1S/C17H26N2O2/c1-13(2)12-15(19-10-8-18-9-11-19)14-6-5-7-16(20-3)17(14)21-4/h5-7,15,18H,1,8-12H2,2-4H3/t15-/m1/s1. The van der Waals surface area contributed by atoms with Crippen molar-refractivity contribution in [2.45, 2.75) is 19.4 Å². The molecule has 1 aromatic carbocycles. The molecule has 1 aliphatic rings. The largest absolute Gasteiger partial charge is 0.493 e. The van der Waals surface area contributed by atoms with E-state index in [1.165, 1.54) is 11.1 Å². The van der Waals surface area contributed by atoms with E-state index < -0.39 is 0 Å². The molecule has 0 aromatic heterocycles. The molecule has 0 aliphatic carbocycles. The molecule has 1 N–H and O–H groups in total. The number of benzene rings is 1. The van der Waals surface area contributed by atoms with Crippen LogP contribution in [0.2, 0.25) is 0 Å². The Kier molecular flexibility index (Phi) is 5.65. The van der Waals surface area contributed by atoms with E-state index in [-0.39, 0.29) is 6.04 Å². The smallest absolute Gasteiger partial charge is 0.165 e. The quantitative estimate of drug-likeness (QED) is 0.817. The van der Waals surface area contributed by atoms with Crippen LogP contribution in [0.25, 0.3) is 0 Å². The average Bonchev–Trinajstić information content (AvgIpc) is 2.52. The van der Waals surface area contributed by atoms with E-state index in [1.807, 2.05) is 12.1 Å². The van der Waals surface area contributed by atoms with Crippen molar-refractivity contribution < 1.29 is 9.47 Å². The zero-order valence-corrected chi connectivity index (χ0v) is 13.3. The summed E-state index contributed by atoms with van der Waals surface area (Å²) in [4.78, 5) is 2.50. The van der Waals surface area contributed by atoms with Crippen molar-refractivity contribution in [2.75, 3.05) is 40.4 Å². The molecule has 0 amide bonds. The van der Waals surface area contributed by atoms with Crippen molar-refractivity contribution in [3.05, 3.63) is 35.9 Å². The normalized spacial score (nSPS) is 17.3. The summed E-state index contributed by atoms with van der Waals surface area (Å²) in [5.74, 6) is 1.63. The van der Waals surface area contributed by atoms with E-state index in [4.69, 9.17) is 9.47 Å². The number of hydrogen-bond acceptors (Lipinski definition) is 4. The van der Waals surface area contributed by atoms with Gasteiger partial charge in [0.1, 0.15) is 0 Å². The molecule has 2 rings (SSSR count). The van der Waals surface area contributed by atoms with E-state index in [0.717, 1.165) is 44.1 Å². The van der Waals surface area contributed by atoms with Crippen molar-refractivity contribution in [1.29, 1.82) is 0 Å².